The fourth-order valence-electron chi connectivity index (χ4n) is 4.43. The van der Waals surface area contributed by atoms with Crippen molar-refractivity contribution in [3.05, 3.63) is 81.2 Å². The molecule has 0 saturated carbocycles. The number of hydrogen-bond donors (Lipinski definition) is 2. The molecule has 0 radical (unpaired) electrons. The summed E-state index contributed by atoms with van der Waals surface area (Å²) in [6.07, 6.45) is 2.84. The van der Waals surface area contributed by atoms with E-state index in [1.807, 2.05) is 62.4 Å². The van der Waals surface area contributed by atoms with E-state index in [2.05, 4.69) is 31.4 Å². The average Bonchev–Trinajstić information content (AvgIpc) is 3.12. The molecule has 1 atom stereocenters. The molecule has 1 aliphatic rings. The molecule has 0 saturated heterocycles. The first kappa shape index (κ1) is 23.2. The lowest BCUT2D eigenvalue weighted by atomic mass is 9.72. The number of benzene rings is 2. The summed E-state index contributed by atoms with van der Waals surface area (Å²) in [5.41, 5.74) is 5.40. The molecule has 33 heavy (non-hydrogen) atoms. The number of amides is 2. The highest BCUT2D eigenvalue weighted by Gasteiger charge is 2.34. The number of rotatable bonds is 4. The zero-order valence-electron chi connectivity index (χ0n) is 20.0. The average molecular weight is 461 g/mol. The fraction of sp³-hybridized carbons (Fsp3) is 0.357. The molecule has 4 rings (SSSR count). The third-order valence-corrected chi connectivity index (χ3v) is 7.82. The Hall–Kier alpha value is -2.92. The minimum absolute atomic E-state index is 0.157. The van der Waals surface area contributed by atoms with Crippen molar-refractivity contribution >= 4 is 33.8 Å². The van der Waals surface area contributed by atoms with Crippen molar-refractivity contribution in [1.82, 2.24) is 0 Å². The number of aryl methyl sites for hydroxylation is 2. The van der Waals surface area contributed by atoms with Gasteiger partial charge in [0.25, 0.3) is 11.8 Å². The Kier molecular flexibility index (Phi) is 6.44. The van der Waals surface area contributed by atoms with E-state index in [4.69, 9.17) is 0 Å². The lowest BCUT2D eigenvalue weighted by molar-refractivity contribution is 0.102. The number of hydrogen-bond acceptors (Lipinski definition) is 3. The minimum Gasteiger partial charge on any atom is -0.322 e. The Morgan fingerprint density at radius 3 is 2.30 bits per heavy atom. The molecule has 1 heterocycles. The molecule has 1 aliphatic carbocycles. The first-order valence-corrected chi connectivity index (χ1v) is 12.3. The van der Waals surface area contributed by atoms with Crippen molar-refractivity contribution in [2.45, 2.75) is 53.9 Å². The van der Waals surface area contributed by atoms with Gasteiger partial charge in [-0.05, 0) is 73.8 Å². The van der Waals surface area contributed by atoms with E-state index in [-0.39, 0.29) is 17.2 Å². The van der Waals surface area contributed by atoms with Gasteiger partial charge in [0.15, 0.2) is 0 Å². The molecule has 4 nitrogen and oxygen atoms in total. The highest BCUT2D eigenvalue weighted by molar-refractivity contribution is 7.17. The summed E-state index contributed by atoms with van der Waals surface area (Å²) in [7, 11) is 0. The van der Waals surface area contributed by atoms with Gasteiger partial charge in [0, 0.05) is 16.1 Å². The second kappa shape index (κ2) is 9.14. The molecule has 0 fully saturated rings. The van der Waals surface area contributed by atoms with Crippen LogP contribution in [-0.2, 0) is 12.8 Å². The van der Waals surface area contributed by atoms with Gasteiger partial charge in [-0.15, -0.1) is 11.3 Å². The molecule has 172 valence electrons. The number of carbonyl (C=O) groups is 2. The van der Waals surface area contributed by atoms with Gasteiger partial charge in [-0.3, -0.25) is 9.59 Å². The Morgan fingerprint density at radius 1 is 0.939 bits per heavy atom. The highest BCUT2D eigenvalue weighted by atomic mass is 32.1. The van der Waals surface area contributed by atoms with Crippen LogP contribution in [0.15, 0.2) is 48.5 Å². The predicted octanol–water partition coefficient (Wildman–Crippen LogP) is 7.02. The smallest absolute Gasteiger partial charge is 0.258 e. The van der Waals surface area contributed by atoms with E-state index in [1.165, 1.54) is 4.88 Å². The zero-order valence-corrected chi connectivity index (χ0v) is 20.9. The predicted molar refractivity (Wildman–Crippen MR) is 138 cm³/mol. The third-order valence-electron chi connectivity index (χ3n) is 6.65. The molecule has 1 unspecified atom stereocenters. The van der Waals surface area contributed by atoms with Crippen LogP contribution in [0, 0.1) is 25.2 Å². The molecule has 2 amide bonds. The van der Waals surface area contributed by atoms with Crippen molar-refractivity contribution in [2.24, 2.45) is 11.3 Å². The fourth-order valence-corrected chi connectivity index (χ4v) is 5.75. The first-order chi connectivity index (χ1) is 15.6. The number of para-hydroxylation sites is 1. The maximum absolute atomic E-state index is 13.5. The van der Waals surface area contributed by atoms with Crippen molar-refractivity contribution < 1.29 is 9.59 Å². The number of carbonyl (C=O) groups excluding carboxylic acids is 2. The molecule has 2 N–H and O–H groups in total. The quantitative estimate of drug-likeness (QED) is 0.439. The number of fused-ring (bicyclic) bond motifs is 1. The normalized spacial score (nSPS) is 15.6. The molecule has 5 heteroatoms. The van der Waals surface area contributed by atoms with Crippen LogP contribution >= 0.6 is 11.3 Å². The summed E-state index contributed by atoms with van der Waals surface area (Å²) in [4.78, 5) is 27.7. The summed E-state index contributed by atoms with van der Waals surface area (Å²) in [6.45, 7) is 10.8. The number of anilines is 2. The number of thiophene rings is 1. The second-order valence-electron chi connectivity index (χ2n) is 10.1. The van der Waals surface area contributed by atoms with Crippen molar-refractivity contribution in [3.63, 3.8) is 0 Å². The molecular formula is C28H32N2O2S. The maximum Gasteiger partial charge on any atom is 0.258 e. The first-order valence-electron chi connectivity index (χ1n) is 11.5. The minimum atomic E-state index is -0.189. The van der Waals surface area contributed by atoms with Crippen molar-refractivity contribution in [2.75, 3.05) is 10.6 Å². The molecule has 1 aromatic heterocycles. The van der Waals surface area contributed by atoms with Crippen LogP contribution in [0.1, 0.15) is 69.5 Å². The van der Waals surface area contributed by atoms with Gasteiger partial charge in [0.05, 0.1) is 5.56 Å². The summed E-state index contributed by atoms with van der Waals surface area (Å²) in [5, 5.41) is 6.78. The summed E-state index contributed by atoms with van der Waals surface area (Å²) in [6, 6.07) is 15.2. The number of nitrogens with one attached hydrogen (secondary N) is 2. The van der Waals surface area contributed by atoms with Crippen LogP contribution in [0.3, 0.4) is 0 Å². The Labute approximate surface area is 200 Å². The van der Waals surface area contributed by atoms with E-state index in [0.29, 0.717) is 22.0 Å². The van der Waals surface area contributed by atoms with E-state index >= 15 is 0 Å². The molecule has 3 aromatic rings. The van der Waals surface area contributed by atoms with E-state index in [0.717, 1.165) is 41.6 Å². The summed E-state index contributed by atoms with van der Waals surface area (Å²) < 4.78 is 0. The van der Waals surface area contributed by atoms with Crippen molar-refractivity contribution in [1.29, 1.82) is 0 Å². The summed E-state index contributed by atoms with van der Waals surface area (Å²) >= 11 is 1.56. The summed E-state index contributed by atoms with van der Waals surface area (Å²) in [5.74, 6) is 0.206. The molecule has 0 bridgehead atoms. The van der Waals surface area contributed by atoms with Gasteiger partial charge >= 0.3 is 0 Å². The molecule has 0 aliphatic heterocycles. The topological polar surface area (TPSA) is 58.2 Å². The third kappa shape index (κ3) is 5.03. The van der Waals surface area contributed by atoms with Crippen LogP contribution < -0.4 is 10.6 Å². The van der Waals surface area contributed by atoms with Gasteiger partial charge in [0.2, 0.25) is 0 Å². The Morgan fingerprint density at radius 2 is 1.64 bits per heavy atom. The lowest BCUT2D eigenvalue weighted by Gasteiger charge is -2.33. The van der Waals surface area contributed by atoms with E-state index in [1.54, 1.807) is 11.3 Å². The van der Waals surface area contributed by atoms with E-state index in [9.17, 15) is 9.59 Å². The second-order valence-corrected chi connectivity index (χ2v) is 11.2. The van der Waals surface area contributed by atoms with Gasteiger partial charge < -0.3 is 10.6 Å². The Bertz CT molecular complexity index is 1190. The van der Waals surface area contributed by atoms with Crippen LogP contribution in [0.25, 0.3) is 0 Å². The van der Waals surface area contributed by atoms with Gasteiger partial charge in [-0.2, -0.15) is 0 Å². The van der Waals surface area contributed by atoms with E-state index < -0.39 is 0 Å². The molecular weight excluding hydrogens is 428 g/mol. The van der Waals surface area contributed by atoms with Gasteiger partial charge in [-0.1, -0.05) is 56.7 Å². The Balaban J connectivity index is 1.69. The van der Waals surface area contributed by atoms with Gasteiger partial charge in [-0.25, -0.2) is 0 Å². The standard InChI is InChI=1S/C28H32N2O2S/c1-17-10-12-19(13-11-17)25(31)30-27-24(26(32)29-22-9-7-6-8-18(22)2)21-15-14-20(28(3,4)5)16-23(21)33-27/h6-13,20H,14-16H2,1-5H3,(H,29,32)(H,30,31). The van der Waals surface area contributed by atoms with Crippen LogP contribution in [0.5, 0.6) is 0 Å². The van der Waals surface area contributed by atoms with Gasteiger partial charge in [0.1, 0.15) is 5.00 Å². The molecule has 2 aromatic carbocycles. The van der Waals surface area contributed by atoms with Crippen LogP contribution in [0.2, 0.25) is 0 Å². The molecule has 0 spiro atoms. The highest BCUT2D eigenvalue weighted by Crippen LogP contribution is 2.44. The van der Waals surface area contributed by atoms with Crippen molar-refractivity contribution in [3.8, 4) is 0 Å². The maximum atomic E-state index is 13.5. The zero-order chi connectivity index (χ0) is 23.8. The monoisotopic (exact) mass is 460 g/mol. The SMILES string of the molecule is Cc1ccc(C(=O)Nc2sc3c(c2C(=O)Nc2ccccc2C)CCC(C(C)(C)C)C3)cc1. The van der Waals surface area contributed by atoms with Crippen LogP contribution in [-0.4, -0.2) is 11.8 Å². The van der Waals surface area contributed by atoms with Crippen LogP contribution in [0.4, 0.5) is 10.7 Å². The largest absolute Gasteiger partial charge is 0.322 e. The lowest BCUT2D eigenvalue weighted by Crippen LogP contribution is -2.27.